The molecule has 0 fully saturated rings. The normalized spacial score (nSPS) is 18.6. The van der Waals surface area contributed by atoms with Gasteiger partial charge in [0.25, 0.3) is 0 Å². The Bertz CT molecular complexity index is 1240. The second-order valence-electron chi connectivity index (χ2n) is 6.68. The first-order valence-corrected chi connectivity index (χ1v) is 10.0. The van der Waals surface area contributed by atoms with Crippen LogP contribution in [0, 0.1) is 18.3 Å². The number of pyridine rings is 1. The molecule has 11 heteroatoms. The van der Waals surface area contributed by atoms with Crippen LogP contribution in [0.1, 0.15) is 5.56 Å². The Morgan fingerprint density at radius 3 is 2.52 bits per heavy atom. The monoisotopic (exact) mass is 477 g/mol. The molecule has 0 saturated heterocycles. The van der Waals surface area contributed by atoms with Crippen LogP contribution in [0.15, 0.2) is 41.5 Å². The summed E-state index contributed by atoms with van der Waals surface area (Å²) in [7, 11) is 0. The van der Waals surface area contributed by atoms with Gasteiger partial charge in [0, 0.05) is 5.39 Å². The van der Waals surface area contributed by atoms with Crippen molar-refractivity contribution < 1.29 is 14.9 Å². The Morgan fingerprint density at radius 1 is 1.13 bits per heavy atom. The van der Waals surface area contributed by atoms with Crippen molar-refractivity contribution in [3.63, 3.8) is 0 Å². The molecule has 4 rings (SSSR count). The Hall–Kier alpha value is -2.64. The second-order valence-corrected chi connectivity index (χ2v) is 7.85. The summed E-state index contributed by atoms with van der Waals surface area (Å²) < 4.78 is 5.90. The highest BCUT2D eigenvalue weighted by Gasteiger charge is 2.29. The number of aliphatic hydroxyl groups excluding tert-OH is 2. The first-order valence-electron chi connectivity index (χ1n) is 8.90. The Morgan fingerprint density at radius 2 is 1.84 bits per heavy atom. The summed E-state index contributed by atoms with van der Waals surface area (Å²) in [6, 6.07) is 11.9. The summed E-state index contributed by atoms with van der Waals surface area (Å²) in [6.45, 7) is 1.86. The van der Waals surface area contributed by atoms with Crippen LogP contribution in [0.2, 0.25) is 15.2 Å². The summed E-state index contributed by atoms with van der Waals surface area (Å²) >= 11 is 18.8. The molecule has 3 N–H and O–H groups in total. The van der Waals surface area contributed by atoms with E-state index in [2.05, 4.69) is 15.4 Å². The van der Waals surface area contributed by atoms with Crippen molar-refractivity contribution in [1.29, 1.82) is 5.26 Å². The van der Waals surface area contributed by atoms with E-state index in [1.54, 1.807) is 24.3 Å². The largest absolute Gasteiger partial charge is 0.454 e. The van der Waals surface area contributed by atoms with Crippen molar-refractivity contribution >= 4 is 57.1 Å². The third-order valence-corrected chi connectivity index (χ3v) is 5.45. The van der Waals surface area contributed by atoms with Gasteiger partial charge in [-0.3, -0.25) is 0 Å². The Balaban J connectivity index is 1.67. The molecule has 2 unspecified atom stereocenters. The summed E-state index contributed by atoms with van der Waals surface area (Å²) in [6.07, 6.45) is -2.78. The van der Waals surface area contributed by atoms with Gasteiger partial charge in [-0.15, -0.1) is 0 Å². The van der Waals surface area contributed by atoms with Gasteiger partial charge in [0.05, 0.1) is 21.2 Å². The number of nitrogens with zero attached hydrogens (tertiary/aromatic N) is 4. The van der Waals surface area contributed by atoms with Gasteiger partial charge >= 0.3 is 0 Å². The smallest absolute Gasteiger partial charge is 0.206 e. The van der Waals surface area contributed by atoms with E-state index in [-0.39, 0.29) is 27.2 Å². The standard InChI is InChI=1S/C20H14Cl3N5O3/c1-9-4-10-5-12(2-3-15(10)25-18(9)23)31-17-13(21)6-11(7-14(17)22)28-20(30)26-19(29)16(8-24)27-28/h2-7,19-20,26,29-30H,1H3. The number of aromatic nitrogens is 1. The number of halogens is 3. The third-order valence-electron chi connectivity index (χ3n) is 4.51. The molecular weight excluding hydrogens is 465 g/mol. The zero-order valence-corrected chi connectivity index (χ0v) is 18.1. The number of rotatable bonds is 3. The number of nitriles is 1. The third kappa shape index (κ3) is 4.25. The summed E-state index contributed by atoms with van der Waals surface area (Å²) in [5, 5.41) is 37.9. The maximum atomic E-state index is 10.1. The van der Waals surface area contributed by atoms with Crippen molar-refractivity contribution in [2.45, 2.75) is 19.5 Å². The number of aliphatic hydroxyl groups is 2. The Labute approximate surface area is 191 Å². The van der Waals surface area contributed by atoms with Crippen molar-refractivity contribution in [2.24, 2.45) is 5.10 Å². The molecule has 1 aliphatic heterocycles. The van der Waals surface area contributed by atoms with Crippen molar-refractivity contribution in [3.05, 3.63) is 57.2 Å². The van der Waals surface area contributed by atoms with Crippen molar-refractivity contribution in [3.8, 4) is 17.6 Å². The molecule has 2 aromatic carbocycles. The topological polar surface area (TPSA) is 114 Å². The number of hydrogen-bond acceptors (Lipinski definition) is 8. The molecule has 0 saturated carbocycles. The van der Waals surface area contributed by atoms with Gasteiger partial charge in [-0.1, -0.05) is 34.8 Å². The van der Waals surface area contributed by atoms with E-state index in [0.29, 0.717) is 10.9 Å². The molecule has 31 heavy (non-hydrogen) atoms. The molecule has 3 aromatic rings. The molecule has 0 aliphatic carbocycles. The van der Waals surface area contributed by atoms with Crippen molar-refractivity contribution in [1.82, 2.24) is 10.3 Å². The van der Waals surface area contributed by atoms with Gasteiger partial charge in [0.2, 0.25) is 6.35 Å². The van der Waals surface area contributed by atoms with E-state index < -0.39 is 12.6 Å². The number of nitrogens with one attached hydrogen (secondary N) is 1. The van der Waals surface area contributed by atoms with Gasteiger partial charge in [-0.25, -0.2) is 15.3 Å². The van der Waals surface area contributed by atoms with Gasteiger partial charge in [0.1, 0.15) is 17.0 Å². The molecule has 0 spiro atoms. The maximum absolute atomic E-state index is 10.1. The van der Waals surface area contributed by atoms with Crippen LogP contribution in [-0.2, 0) is 0 Å². The van der Waals surface area contributed by atoms with Gasteiger partial charge in [-0.2, -0.15) is 10.4 Å². The average Bonchev–Trinajstić information content (AvgIpc) is 2.71. The van der Waals surface area contributed by atoms with E-state index in [9.17, 15) is 10.2 Å². The Kier molecular flexibility index (Phi) is 5.90. The average molecular weight is 479 g/mol. The lowest BCUT2D eigenvalue weighted by molar-refractivity contribution is 0.0631. The number of benzene rings is 2. The van der Waals surface area contributed by atoms with E-state index in [0.717, 1.165) is 21.5 Å². The molecule has 0 bridgehead atoms. The summed E-state index contributed by atoms with van der Waals surface area (Å²) in [5.41, 5.74) is 1.62. The first-order chi connectivity index (χ1) is 14.8. The molecule has 2 atom stereocenters. The molecule has 0 radical (unpaired) electrons. The quantitative estimate of drug-likeness (QED) is 0.484. The minimum Gasteiger partial charge on any atom is -0.454 e. The lowest BCUT2D eigenvalue weighted by Crippen LogP contribution is -2.55. The number of ether oxygens (including phenoxy) is 1. The number of anilines is 1. The van der Waals surface area contributed by atoms with Crippen LogP contribution in [0.5, 0.6) is 11.5 Å². The highest BCUT2D eigenvalue weighted by Crippen LogP contribution is 2.41. The van der Waals surface area contributed by atoms with Gasteiger partial charge < -0.3 is 14.9 Å². The van der Waals surface area contributed by atoms with Gasteiger partial charge in [-0.05, 0) is 48.9 Å². The lowest BCUT2D eigenvalue weighted by atomic mass is 10.1. The molecular formula is C20H14Cl3N5O3. The van der Waals surface area contributed by atoms with Crippen LogP contribution in [-0.4, -0.2) is 33.5 Å². The zero-order chi connectivity index (χ0) is 22.3. The highest BCUT2D eigenvalue weighted by molar-refractivity contribution is 6.37. The van der Waals surface area contributed by atoms with Crippen LogP contribution in [0.4, 0.5) is 5.69 Å². The maximum Gasteiger partial charge on any atom is 0.206 e. The fourth-order valence-electron chi connectivity index (χ4n) is 2.99. The molecule has 8 nitrogen and oxygen atoms in total. The number of aryl methyl sites for hydroxylation is 1. The van der Waals surface area contributed by atoms with Gasteiger partial charge in [0.15, 0.2) is 17.7 Å². The lowest BCUT2D eigenvalue weighted by Gasteiger charge is -2.32. The van der Waals surface area contributed by atoms with E-state index in [1.807, 2.05) is 13.0 Å². The van der Waals surface area contributed by atoms with Crippen LogP contribution >= 0.6 is 34.8 Å². The predicted octanol–water partition coefficient (Wildman–Crippen LogP) is 4.18. The summed E-state index contributed by atoms with van der Waals surface area (Å²) in [5.74, 6) is 0.689. The minimum absolute atomic E-state index is 0.153. The SMILES string of the molecule is Cc1cc2cc(Oc3c(Cl)cc(N4N=C(C#N)C(O)NC4O)cc3Cl)ccc2nc1Cl. The zero-order valence-electron chi connectivity index (χ0n) is 15.8. The molecule has 158 valence electrons. The highest BCUT2D eigenvalue weighted by atomic mass is 35.5. The van der Waals surface area contributed by atoms with E-state index in [4.69, 9.17) is 44.8 Å². The first kappa shape index (κ1) is 21.6. The van der Waals surface area contributed by atoms with Crippen molar-refractivity contribution in [2.75, 3.05) is 5.01 Å². The molecule has 0 amide bonds. The van der Waals surface area contributed by atoms with Crippen LogP contribution < -0.4 is 15.1 Å². The molecule has 1 aromatic heterocycles. The number of hydrogen-bond donors (Lipinski definition) is 3. The number of hydrazone groups is 1. The molecule has 1 aliphatic rings. The molecule has 2 heterocycles. The van der Waals surface area contributed by atoms with E-state index >= 15 is 0 Å². The predicted molar refractivity (Wildman–Crippen MR) is 119 cm³/mol. The minimum atomic E-state index is -1.39. The van der Waals surface area contributed by atoms with E-state index in [1.165, 1.54) is 12.1 Å². The number of fused-ring (bicyclic) bond motifs is 1. The summed E-state index contributed by atoms with van der Waals surface area (Å²) in [4.78, 5) is 4.32. The second kappa shape index (κ2) is 8.48. The van der Waals surface area contributed by atoms with Crippen LogP contribution in [0.3, 0.4) is 0 Å². The van der Waals surface area contributed by atoms with Crippen LogP contribution in [0.25, 0.3) is 10.9 Å². The fraction of sp³-hybridized carbons (Fsp3) is 0.150. The fourth-order valence-corrected chi connectivity index (χ4v) is 3.69.